The Labute approximate surface area is 165 Å². The van der Waals surface area contributed by atoms with E-state index in [2.05, 4.69) is 21.3 Å². The van der Waals surface area contributed by atoms with Crippen LogP contribution in [0, 0.1) is 11.3 Å². The van der Waals surface area contributed by atoms with Gasteiger partial charge in [-0.1, -0.05) is 30.3 Å². The molecule has 28 heavy (non-hydrogen) atoms. The zero-order chi connectivity index (χ0) is 19.4. The van der Waals surface area contributed by atoms with E-state index in [4.69, 9.17) is 0 Å². The number of para-hydroxylation sites is 1. The number of hydrogen-bond acceptors (Lipinski definition) is 3. The van der Waals surface area contributed by atoms with E-state index in [0.29, 0.717) is 12.2 Å². The van der Waals surface area contributed by atoms with Crippen LogP contribution in [0.3, 0.4) is 0 Å². The molecular formula is C22H26N4O2. The van der Waals surface area contributed by atoms with Crippen LogP contribution < -0.4 is 21.3 Å². The average Bonchev–Trinajstić information content (AvgIpc) is 3.40. The van der Waals surface area contributed by atoms with Gasteiger partial charge in [0.05, 0.1) is 0 Å². The Morgan fingerprint density at radius 3 is 2.46 bits per heavy atom. The third-order valence-electron chi connectivity index (χ3n) is 5.79. The van der Waals surface area contributed by atoms with Gasteiger partial charge >= 0.3 is 6.03 Å². The molecule has 1 aliphatic heterocycles. The lowest BCUT2D eigenvalue weighted by Crippen LogP contribution is -2.33. The van der Waals surface area contributed by atoms with Crippen molar-refractivity contribution in [3.8, 4) is 0 Å². The van der Waals surface area contributed by atoms with E-state index in [1.165, 1.54) is 0 Å². The molecule has 1 saturated heterocycles. The largest absolute Gasteiger partial charge is 0.352 e. The van der Waals surface area contributed by atoms with Crippen LogP contribution in [0.25, 0.3) is 0 Å². The number of nitrogens with one attached hydrogen (secondary N) is 4. The van der Waals surface area contributed by atoms with E-state index in [1.807, 2.05) is 54.6 Å². The molecule has 4 N–H and O–H groups in total. The summed E-state index contributed by atoms with van der Waals surface area (Å²) in [5.74, 6) is 0.314. The second kappa shape index (κ2) is 8.02. The molecule has 3 amide bonds. The third kappa shape index (κ3) is 4.34. The van der Waals surface area contributed by atoms with Gasteiger partial charge in [0.15, 0.2) is 0 Å². The van der Waals surface area contributed by atoms with Crippen LogP contribution in [0.15, 0.2) is 54.6 Å². The Balaban J connectivity index is 1.28. The fourth-order valence-electron chi connectivity index (χ4n) is 4.08. The van der Waals surface area contributed by atoms with Gasteiger partial charge in [0, 0.05) is 23.8 Å². The quantitative estimate of drug-likeness (QED) is 0.644. The van der Waals surface area contributed by atoms with E-state index in [9.17, 15) is 9.59 Å². The van der Waals surface area contributed by atoms with Crippen molar-refractivity contribution in [3.63, 3.8) is 0 Å². The molecule has 0 aromatic heterocycles. The molecule has 0 bridgehead atoms. The molecule has 1 atom stereocenters. The second-order valence-electron chi connectivity index (χ2n) is 7.73. The van der Waals surface area contributed by atoms with Crippen LogP contribution in [-0.4, -0.2) is 25.0 Å². The normalized spacial score (nSPS) is 19.6. The molecule has 146 valence electrons. The van der Waals surface area contributed by atoms with Gasteiger partial charge in [0.1, 0.15) is 0 Å². The highest BCUT2D eigenvalue weighted by Gasteiger charge is 2.57. The molecule has 6 heteroatoms. The first-order valence-electron chi connectivity index (χ1n) is 9.85. The molecule has 1 heterocycles. The van der Waals surface area contributed by atoms with E-state index in [-0.39, 0.29) is 23.3 Å². The van der Waals surface area contributed by atoms with E-state index >= 15 is 0 Å². The number of carbonyl (C=O) groups is 2. The third-order valence-corrected chi connectivity index (χ3v) is 5.79. The molecule has 1 unspecified atom stereocenters. The summed E-state index contributed by atoms with van der Waals surface area (Å²) in [5, 5.41) is 12.1. The highest BCUT2D eigenvalue weighted by atomic mass is 16.2. The fourth-order valence-corrected chi connectivity index (χ4v) is 4.08. The van der Waals surface area contributed by atoms with Crippen LogP contribution in [0.1, 0.15) is 24.8 Å². The van der Waals surface area contributed by atoms with Crippen LogP contribution in [0.2, 0.25) is 0 Å². The van der Waals surface area contributed by atoms with Crippen LogP contribution >= 0.6 is 0 Å². The van der Waals surface area contributed by atoms with Gasteiger partial charge < -0.3 is 21.3 Å². The lowest BCUT2D eigenvalue weighted by molar-refractivity contribution is -0.123. The van der Waals surface area contributed by atoms with Crippen molar-refractivity contribution in [2.75, 3.05) is 23.7 Å². The average molecular weight is 378 g/mol. The first-order chi connectivity index (χ1) is 13.6. The zero-order valence-electron chi connectivity index (χ0n) is 15.8. The first kappa shape index (κ1) is 18.5. The summed E-state index contributed by atoms with van der Waals surface area (Å²) in [5.41, 5.74) is 2.64. The number of rotatable bonds is 5. The number of amides is 3. The van der Waals surface area contributed by atoms with Gasteiger partial charge in [-0.3, -0.25) is 4.79 Å². The number of benzene rings is 2. The topological polar surface area (TPSA) is 82.3 Å². The SMILES string of the molecule is O=C(Nc1ccccc1)Nc1cccc(CNC(=O)C2CC23CCNCC3)c1. The minimum absolute atomic E-state index is 0.155. The summed E-state index contributed by atoms with van der Waals surface area (Å²) in [6, 6.07) is 16.6. The van der Waals surface area contributed by atoms with Crippen molar-refractivity contribution in [2.24, 2.45) is 11.3 Å². The maximum atomic E-state index is 12.5. The van der Waals surface area contributed by atoms with Gasteiger partial charge in [0.2, 0.25) is 5.91 Å². The van der Waals surface area contributed by atoms with E-state index in [0.717, 1.165) is 43.6 Å². The summed E-state index contributed by atoms with van der Waals surface area (Å²) in [4.78, 5) is 24.6. The highest BCUT2D eigenvalue weighted by molar-refractivity contribution is 5.99. The van der Waals surface area contributed by atoms with Crippen LogP contribution in [0.5, 0.6) is 0 Å². The van der Waals surface area contributed by atoms with Gasteiger partial charge in [-0.15, -0.1) is 0 Å². The Kier molecular flexibility index (Phi) is 5.30. The Morgan fingerprint density at radius 1 is 0.964 bits per heavy atom. The molecule has 6 nitrogen and oxygen atoms in total. The number of carbonyl (C=O) groups excluding carboxylic acids is 2. The summed E-state index contributed by atoms with van der Waals surface area (Å²) in [6.45, 7) is 2.50. The van der Waals surface area contributed by atoms with Gasteiger partial charge in [-0.2, -0.15) is 0 Å². The van der Waals surface area contributed by atoms with Crippen molar-refractivity contribution >= 4 is 23.3 Å². The standard InChI is InChI=1S/C22H26N4O2/c27-20(19-14-22(19)9-11-23-12-10-22)24-15-16-5-4-8-18(13-16)26-21(28)25-17-6-2-1-3-7-17/h1-8,13,19,23H,9-12,14-15H2,(H,24,27)(H2,25,26,28). The van der Waals surface area contributed by atoms with Crippen molar-refractivity contribution in [1.29, 1.82) is 0 Å². The molecular weight excluding hydrogens is 352 g/mol. The van der Waals surface area contributed by atoms with Crippen LogP contribution in [-0.2, 0) is 11.3 Å². The molecule has 2 aromatic carbocycles. The molecule has 2 aromatic rings. The zero-order valence-corrected chi connectivity index (χ0v) is 15.8. The summed E-state index contributed by atoms with van der Waals surface area (Å²) < 4.78 is 0. The van der Waals surface area contributed by atoms with Crippen molar-refractivity contribution in [2.45, 2.75) is 25.8 Å². The predicted molar refractivity (Wildman–Crippen MR) is 110 cm³/mol. The molecule has 2 fully saturated rings. The summed E-state index contributed by atoms with van der Waals surface area (Å²) in [6.07, 6.45) is 3.21. The molecule has 1 spiro atoms. The van der Waals surface area contributed by atoms with Crippen LogP contribution in [0.4, 0.5) is 16.2 Å². The molecule has 1 aliphatic carbocycles. The predicted octanol–water partition coefficient (Wildman–Crippen LogP) is 3.34. The Bertz CT molecular complexity index is 847. The smallest absolute Gasteiger partial charge is 0.323 e. The minimum Gasteiger partial charge on any atom is -0.352 e. The maximum Gasteiger partial charge on any atom is 0.323 e. The van der Waals surface area contributed by atoms with Gasteiger partial charge in [-0.05, 0) is 67.6 Å². The molecule has 0 radical (unpaired) electrons. The maximum absolute atomic E-state index is 12.5. The first-order valence-corrected chi connectivity index (χ1v) is 9.85. The number of piperidine rings is 1. The number of hydrogen-bond donors (Lipinski definition) is 4. The monoisotopic (exact) mass is 378 g/mol. The van der Waals surface area contributed by atoms with Crippen molar-refractivity contribution in [3.05, 3.63) is 60.2 Å². The van der Waals surface area contributed by atoms with E-state index < -0.39 is 0 Å². The molecule has 2 aliphatic rings. The number of urea groups is 1. The van der Waals surface area contributed by atoms with Crippen molar-refractivity contribution in [1.82, 2.24) is 10.6 Å². The van der Waals surface area contributed by atoms with Crippen molar-refractivity contribution < 1.29 is 9.59 Å². The van der Waals surface area contributed by atoms with Gasteiger partial charge in [0.25, 0.3) is 0 Å². The highest BCUT2D eigenvalue weighted by Crippen LogP contribution is 2.58. The summed E-state index contributed by atoms with van der Waals surface area (Å²) in [7, 11) is 0. The molecule has 4 rings (SSSR count). The molecule has 1 saturated carbocycles. The van der Waals surface area contributed by atoms with Gasteiger partial charge in [-0.25, -0.2) is 4.79 Å². The van der Waals surface area contributed by atoms with E-state index in [1.54, 1.807) is 0 Å². The Morgan fingerprint density at radius 2 is 1.68 bits per heavy atom. The summed E-state index contributed by atoms with van der Waals surface area (Å²) >= 11 is 0. The minimum atomic E-state index is -0.293. The second-order valence-corrected chi connectivity index (χ2v) is 7.73. The Hall–Kier alpha value is -2.86. The number of anilines is 2. The lowest BCUT2D eigenvalue weighted by Gasteiger charge is -2.23. The fraction of sp³-hybridized carbons (Fsp3) is 0.364. The lowest BCUT2D eigenvalue weighted by atomic mass is 9.92.